The van der Waals surface area contributed by atoms with Gasteiger partial charge >= 0.3 is 0 Å². The predicted molar refractivity (Wildman–Crippen MR) is 112 cm³/mol. The van der Waals surface area contributed by atoms with Gasteiger partial charge in [0.1, 0.15) is 23.6 Å². The number of benzene rings is 1. The number of hydrogen-bond donors (Lipinski definition) is 0. The molecular weight excluding hydrogens is 372 g/mol. The highest BCUT2D eigenvalue weighted by Gasteiger charge is 2.28. The van der Waals surface area contributed by atoms with E-state index in [1.165, 1.54) is 13.0 Å². The molecule has 1 saturated heterocycles. The van der Waals surface area contributed by atoms with Gasteiger partial charge in [0, 0.05) is 37.1 Å². The topological polar surface area (TPSA) is 50.7 Å². The lowest BCUT2D eigenvalue weighted by atomic mass is 10.1. The second-order valence-electron chi connectivity index (χ2n) is 7.26. The highest BCUT2D eigenvalue weighted by molar-refractivity contribution is 7.17. The smallest absolute Gasteiger partial charge is 0.162 e. The minimum atomic E-state index is -0.144. The summed E-state index contributed by atoms with van der Waals surface area (Å²) in [6.45, 7) is 8.05. The Hall–Kier alpha value is -2.38. The van der Waals surface area contributed by atoms with E-state index >= 15 is 0 Å². The molecule has 2 aliphatic rings. The van der Waals surface area contributed by atoms with Gasteiger partial charge in [-0.25, -0.2) is 9.97 Å². The maximum absolute atomic E-state index is 6.28. The fourth-order valence-electron chi connectivity index (χ4n) is 4.03. The second kappa shape index (κ2) is 7.56. The van der Waals surface area contributed by atoms with Crippen LogP contribution < -0.4 is 14.4 Å². The zero-order chi connectivity index (χ0) is 18.9. The highest BCUT2D eigenvalue weighted by atomic mass is 32.1. The summed E-state index contributed by atoms with van der Waals surface area (Å²) in [6.07, 6.45) is 2.74. The SMILES string of the molecule is CCCN1CCN(c2ncnc3scc([C@@H]4COc5ccccc5O4)c23)CC1. The molecule has 28 heavy (non-hydrogen) atoms. The molecule has 0 radical (unpaired) electrons. The first kappa shape index (κ1) is 17.7. The maximum atomic E-state index is 6.28. The third-order valence-corrected chi connectivity index (χ3v) is 6.35. The quantitative estimate of drug-likeness (QED) is 0.670. The summed E-state index contributed by atoms with van der Waals surface area (Å²) in [4.78, 5) is 15.1. The van der Waals surface area contributed by atoms with Gasteiger partial charge in [-0.15, -0.1) is 11.3 Å². The van der Waals surface area contributed by atoms with Crippen LogP contribution in [0.15, 0.2) is 36.0 Å². The molecular formula is C21H24N4O2S. The molecule has 1 fully saturated rings. The fraction of sp³-hybridized carbons (Fsp3) is 0.429. The van der Waals surface area contributed by atoms with Gasteiger partial charge in [-0.05, 0) is 25.1 Å². The van der Waals surface area contributed by atoms with E-state index < -0.39 is 0 Å². The molecule has 4 heterocycles. The molecule has 2 aliphatic heterocycles. The molecule has 3 aromatic rings. The summed E-state index contributed by atoms with van der Waals surface area (Å²) in [6, 6.07) is 7.84. The van der Waals surface area contributed by atoms with E-state index in [1.807, 2.05) is 24.3 Å². The lowest BCUT2D eigenvalue weighted by molar-refractivity contribution is 0.0925. The molecule has 0 bridgehead atoms. The third kappa shape index (κ3) is 3.18. The van der Waals surface area contributed by atoms with Crippen LogP contribution in [0.1, 0.15) is 25.0 Å². The Balaban J connectivity index is 1.45. The summed E-state index contributed by atoms with van der Waals surface area (Å²) >= 11 is 1.65. The standard InChI is InChI=1S/C21H24N4O2S/c1-2-7-24-8-10-25(11-9-24)20-19-15(13-28-21(19)23-14-22-20)18-12-26-16-5-3-4-6-17(16)27-18/h3-6,13-14,18H,2,7-12H2,1H3/t18-/m0/s1. The average molecular weight is 397 g/mol. The van der Waals surface area contributed by atoms with Gasteiger partial charge in [0.05, 0.1) is 5.39 Å². The Labute approximate surface area is 168 Å². The summed E-state index contributed by atoms with van der Waals surface area (Å²) in [5.74, 6) is 2.63. The van der Waals surface area contributed by atoms with Crippen molar-refractivity contribution in [3.05, 3.63) is 41.5 Å². The molecule has 7 heteroatoms. The lowest BCUT2D eigenvalue weighted by Crippen LogP contribution is -2.46. The molecule has 0 amide bonds. The van der Waals surface area contributed by atoms with Gasteiger partial charge in [-0.1, -0.05) is 19.1 Å². The Morgan fingerprint density at radius 1 is 1.11 bits per heavy atom. The Morgan fingerprint density at radius 2 is 1.93 bits per heavy atom. The summed E-state index contributed by atoms with van der Waals surface area (Å²) in [5.41, 5.74) is 1.13. The van der Waals surface area contributed by atoms with E-state index in [4.69, 9.17) is 9.47 Å². The molecule has 2 aromatic heterocycles. The van der Waals surface area contributed by atoms with Crippen molar-refractivity contribution in [3.63, 3.8) is 0 Å². The van der Waals surface area contributed by atoms with Gasteiger partial charge in [0.2, 0.25) is 0 Å². The number of ether oxygens (including phenoxy) is 2. The van der Waals surface area contributed by atoms with Crippen LogP contribution in [0, 0.1) is 0 Å². The first-order valence-electron chi connectivity index (χ1n) is 9.91. The third-order valence-electron chi connectivity index (χ3n) is 5.45. The van der Waals surface area contributed by atoms with Gasteiger partial charge in [0.25, 0.3) is 0 Å². The second-order valence-corrected chi connectivity index (χ2v) is 8.12. The highest BCUT2D eigenvalue weighted by Crippen LogP contribution is 2.41. The van der Waals surface area contributed by atoms with Crippen molar-refractivity contribution >= 4 is 27.4 Å². The first-order valence-corrected chi connectivity index (χ1v) is 10.8. The normalized spacial score (nSPS) is 19.9. The maximum Gasteiger partial charge on any atom is 0.162 e. The van der Waals surface area contributed by atoms with Crippen LogP contribution in [0.4, 0.5) is 5.82 Å². The van der Waals surface area contributed by atoms with Crippen LogP contribution in [-0.4, -0.2) is 54.2 Å². The number of fused-ring (bicyclic) bond motifs is 2. The molecule has 146 valence electrons. The Kier molecular flexibility index (Phi) is 4.78. The van der Waals surface area contributed by atoms with E-state index in [1.54, 1.807) is 17.7 Å². The number of hydrogen-bond acceptors (Lipinski definition) is 7. The van der Waals surface area contributed by atoms with E-state index in [9.17, 15) is 0 Å². The summed E-state index contributed by atoms with van der Waals surface area (Å²) in [7, 11) is 0. The predicted octanol–water partition coefficient (Wildman–Crippen LogP) is 3.74. The van der Waals surface area contributed by atoms with E-state index in [0.717, 1.165) is 59.3 Å². The van der Waals surface area contributed by atoms with Crippen molar-refractivity contribution in [2.75, 3.05) is 44.2 Å². The molecule has 6 nitrogen and oxygen atoms in total. The molecule has 0 spiro atoms. The molecule has 5 rings (SSSR count). The van der Waals surface area contributed by atoms with Crippen molar-refractivity contribution < 1.29 is 9.47 Å². The number of para-hydroxylation sites is 2. The molecule has 0 saturated carbocycles. The minimum Gasteiger partial charge on any atom is -0.485 e. The Bertz CT molecular complexity index is 968. The summed E-state index contributed by atoms with van der Waals surface area (Å²) in [5, 5.41) is 3.27. The molecule has 0 N–H and O–H groups in total. The van der Waals surface area contributed by atoms with Crippen LogP contribution in [0.5, 0.6) is 11.5 Å². The number of piperazine rings is 1. The zero-order valence-electron chi connectivity index (χ0n) is 16.0. The van der Waals surface area contributed by atoms with Crippen molar-refractivity contribution in [1.82, 2.24) is 14.9 Å². The summed E-state index contributed by atoms with van der Waals surface area (Å²) < 4.78 is 12.2. The van der Waals surface area contributed by atoms with E-state index in [-0.39, 0.29) is 6.10 Å². The number of anilines is 1. The van der Waals surface area contributed by atoms with Crippen LogP contribution in [0.2, 0.25) is 0 Å². The largest absolute Gasteiger partial charge is 0.485 e. The van der Waals surface area contributed by atoms with Crippen molar-refractivity contribution in [2.45, 2.75) is 19.4 Å². The number of rotatable bonds is 4. The Morgan fingerprint density at radius 3 is 2.75 bits per heavy atom. The van der Waals surface area contributed by atoms with Crippen molar-refractivity contribution in [3.8, 4) is 11.5 Å². The van der Waals surface area contributed by atoms with Crippen molar-refractivity contribution in [1.29, 1.82) is 0 Å². The average Bonchev–Trinajstić information content (AvgIpc) is 3.19. The number of nitrogens with zero attached hydrogens (tertiary/aromatic N) is 4. The van der Waals surface area contributed by atoms with Crippen molar-refractivity contribution in [2.24, 2.45) is 0 Å². The zero-order valence-corrected chi connectivity index (χ0v) is 16.8. The van der Waals surface area contributed by atoms with Crippen LogP contribution in [0.25, 0.3) is 10.2 Å². The minimum absolute atomic E-state index is 0.144. The van der Waals surface area contributed by atoms with E-state index in [2.05, 4.69) is 32.1 Å². The lowest BCUT2D eigenvalue weighted by Gasteiger charge is -2.35. The van der Waals surface area contributed by atoms with E-state index in [0.29, 0.717) is 6.61 Å². The monoisotopic (exact) mass is 396 g/mol. The van der Waals surface area contributed by atoms with Gasteiger partial charge < -0.3 is 14.4 Å². The first-order chi connectivity index (χ1) is 13.8. The van der Waals surface area contributed by atoms with Crippen LogP contribution in [-0.2, 0) is 0 Å². The van der Waals surface area contributed by atoms with Crippen LogP contribution >= 0.6 is 11.3 Å². The number of thiophene rings is 1. The molecule has 1 aromatic carbocycles. The molecule has 0 aliphatic carbocycles. The van der Waals surface area contributed by atoms with Gasteiger partial charge in [-0.2, -0.15) is 0 Å². The van der Waals surface area contributed by atoms with Gasteiger partial charge in [-0.3, -0.25) is 4.90 Å². The van der Waals surface area contributed by atoms with Gasteiger partial charge in [0.15, 0.2) is 17.6 Å². The molecule has 1 atom stereocenters. The molecule has 0 unspecified atom stereocenters. The van der Waals surface area contributed by atoms with Crippen LogP contribution in [0.3, 0.4) is 0 Å². The number of aromatic nitrogens is 2. The fourth-order valence-corrected chi connectivity index (χ4v) is 4.97.